The molecule has 1 spiro atoms. The highest BCUT2D eigenvalue weighted by molar-refractivity contribution is 5.79. The van der Waals surface area contributed by atoms with Crippen molar-refractivity contribution in [1.82, 2.24) is 14.9 Å². The van der Waals surface area contributed by atoms with Crippen LogP contribution in [-0.4, -0.2) is 72.4 Å². The van der Waals surface area contributed by atoms with Crippen molar-refractivity contribution in [3.63, 3.8) is 0 Å². The number of hydrogen-bond donors (Lipinski definition) is 0. The lowest BCUT2D eigenvalue weighted by Crippen LogP contribution is -2.61. The van der Waals surface area contributed by atoms with Crippen molar-refractivity contribution < 1.29 is 14.3 Å². The zero-order valence-corrected chi connectivity index (χ0v) is 14.6. The number of piperidine rings is 1. The van der Waals surface area contributed by atoms with Crippen LogP contribution in [0.1, 0.15) is 25.7 Å². The first-order chi connectivity index (χ1) is 12.3. The molecule has 0 radical (unpaired) electrons. The summed E-state index contributed by atoms with van der Waals surface area (Å²) in [5.41, 5.74) is -0.283. The van der Waals surface area contributed by atoms with E-state index in [-0.39, 0.29) is 17.4 Å². The predicted molar refractivity (Wildman–Crippen MR) is 92.3 cm³/mol. The maximum absolute atomic E-state index is 12.9. The smallest absolute Gasteiger partial charge is 0.226 e. The van der Waals surface area contributed by atoms with Gasteiger partial charge in [-0.15, -0.1) is 0 Å². The molecule has 1 aromatic rings. The van der Waals surface area contributed by atoms with Crippen LogP contribution in [0.4, 0.5) is 5.82 Å². The largest absolute Gasteiger partial charge is 0.381 e. The minimum absolute atomic E-state index is 0.114. The molecule has 4 rings (SSSR count). The molecule has 3 aliphatic heterocycles. The molecule has 7 heteroatoms. The second-order valence-electron chi connectivity index (χ2n) is 7.27. The Morgan fingerprint density at radius 2 is 2.04 bits per heavy atom. The second kappa shape index (κ2) is 7.25. The first kappa shape index (κ1) is 16.7. The van der Waals surface area contributed by atoms with Crippen LogP contribution < -0.4 is 4.90 Å². The second-order valence-corrected chi connectivity index (χ2v) is 7.27. The van der Waals surface area contributed by atoms with E-state index in [1.54, 1.807) is 18.6 Å². The molecule has 7 nitrogen and oxygen atoms in total. The molecule has 1 aromatic heterocycles. The first-order valence-electron chi connectivity index (χ1n) is 9.27. The fourth-order valence-electron chi connectivity index (χ4n) is 4.23. The van der Waals surface area contributed by atoms with E-state index in [0.717, 1.165) is 44.6 Å². The molecule has 1 amide bonds. The number of hydrogen-bond acceptors (Lipinski definition) is 6. The number of carbonyl (C=O) groups excluding carboxylic acids is 1. The maximum atomic E-state index is 12.9. The Hall–Kier alpha value is -1.73. The van der Waals surface area contributed by atoms with Gasteiger partial charge in [-0.25, -0.2) is 4.98 Å². The topological polar surface area (TPSA) is 67.8 Å². The van der Waals surface area contributed by atoms with E-state index in [9.17, 15) is 4.79 Å². The number of nitrogens with zero attached hydrogens (tertiary/aromatic N) is 4. The van der Waals surface area contributed by atoms with E-state index in [1.165, 1.54) is 0 Å². The SMILES string of the molecule is O=C(C1CCOCC1)N1CCOC2(CCCN(c3cnccn3)C2)C1. The Morgan fingerprint density at radius 1 is 1.16 bits per heavy atom. The van der Waals surface area contributed by atoms with Gasteiger partial charge in [-0.05, 0) is 25.7 Å². The Bertz CT molecular complexity index is 589. The summed E-state index contributed by atoms with van der Waals surface area (Å²) in [6.45, 7) is 5.12. The Kier molecular flexibility index (Phi) is 4.85. The molecule has 3 aliphatic rings. The Balaban J connectivity index is 1.45. The van der Waals surface area contributed by atoms with Gasteiger partial charge in [0.15, 0.2) is 0 Å². The molecule has 25 heavy (non-hydrogen) atoms. The summed E-state index contributed by atoms with van der Waals surface area (Å²) in [6.07, 6.45) is 8.92. The first-order valence-corrected chi connectivity index (χ1v) is 9.27. The molecule has 0 saturated carbocycles. The summed E-state index contributed by atoms with van der Waals surface area (Å²) in [5.74, 6) is 1.28. The van der Waals surface area contributed by atoms with Gasteiger partial charge in [-0.3, -0.25) is 9.78 Å². The van der Waals surface area contributed by atoms with Gasteiger partial charge in [-0.2, -0.15) is 0 Å². The van der Waals surface area contributed by atoms with E-state index in [1.807, 2.05) is 4.90 Å². The zero-order valence-electron chi connectivity index (χ0n) is 14.6. The van der Waals surface area contributed by atoms with Gasteiger partial charge in [0, 0.05) is 44.6 Å². The van der Waals surface area contributed by atoms with E-state index in [2.05, 4.69) is 14.9 Å². The fourth-order valence-corrected chi connectivity index (χ4v) is 4.23. The van der Waals surface area contributed by atoms with Gasteiger partial charge in [0.25, 0.3) is 0 Å². The van der Waals surface area contributed by atoms with Crippen LogP contribution in [0, 0.1) is 5.92 Å². The number of amides is 1. The van der Waals surface area contributed by atoms with Crippen LogP contribution in [0.2, 0.25) is 0 Å². The molecule has 0 N–H and O–H groups in total. The molecule has 0 aromatic carbocycles. The third-order valence-corrected chi connectivity index (χ3v) is 5.54. The molecule has 4 heterocycles. The van der Waals surface area contributed by atoms with Crippen molar-refractivity contribution in [2.75, 3.05) is 50.9 Å². The van der Waals surface area contributed by atoms with E-state index in [0.29, 0.717) is 32.9 Å². The van der Waals surface area contributed by atoms with E-state index in [4.69, 9.17) is 9.47 Å². The van der Waals surface area contributed by atoms with Crippen molar-refractivity contribution >= 4 is 11.7 Å². The molecule has 3 saturated heterocycles. The number of ether oxygens (including phenoxy) is 2. The van der Waals surface area contributed by atoms with Crippen LogP contribution in [0.15, 0.2) is 18.6 Å². The fraction of sp³-hybridized carbons (Fsp3) is 0.722. The lowest BCUT2D eigenvalue weighted by Gasteiger charge is -2.48. The van der Waals surface area contributed by atoms with Crippen LogP contribution in [0.5, 0.6) is 0 Å². The normalized spacial score (nSPS) is 28.3. The minimum Gasteiger partial charge on any atom is -0.381 e. The quantitative estimate of drug-likeness (QED) is 0.799. The molecule has 0 aliphatic carbocycles. The molecule has 136 valence electrons. The van der Waals surface area contributed by atoms with Gasteiger partial charge in [0.1, 0.15) is 11.4 Å². The van der Waals surface area contributed by atoms with Crippen LogP contribution >= 0.6 is 0 Å². The average molecular weight is 346 g/mol. The third kappa shape index (κ3) is 3.62. The van der Waals surface area contributed by atoms with Crippen molar-refractivity contribution in [2.45, 2.75) is 31.3 Å². The summed E-state index contributed by atoms with van der Waals surface area (Å²) in [7, 11) is 0. The zero-order chi connectivity index (χ0) is 17.1. The van der Waals surface area contributed by atoms with Gasteiger partial charge in [0.05, 0.1) is 25.9 Å². The molecule has 1 unspecified atom stereocenters. The van der Waals surface area contributed by atoms with Crippen molar-refractivity contribution in [1.29, 1.82) is 0 Å². The summed E-state index contributed by atoms with van der Waals surface area (Å²) < 4.78 is 11.6. The van der Waals surface area contributed by atoms with Gasteiger partial charge in [0.2, 0.25) is 5.91 Å². The van der Waals surface area contributed by atoms with Crippen LogP contribution in [0.25, 0.3) is 0 Å². The summed E-state index contributed by atoms with van der Waals surface area (Å²) in [6, 6.07) is 0. The highest BCUT2D eigenvalue weighted by Crippen LogP contribution is 2.32. The van der Waals surface area contributed by atoms with Crippen molar-refractivity contribution in [2.24, 2.45) is 5.92 Å². The van der Waals surface area contributed by atoms with Crippen molar-refractivity contribution in [3.8, 4) is 0 Å². The van der Waals surface area contributed by atoms with E-state index >= 15 is 0 Å². The summed E-state index contributed by atoms with van der Waals surface area (Å²) in [5, 5.41) is 0. The summed E-state index contributed by atoms with van der Waals surface area (Å²) in [4.78, 5) is 25.8. The highest BCUT2D eigenvalue weighted by atomic mass is 16.5. The number of anilines is 1. The molecule has 1 atom stereocenters. The predicted octanol–water partition coefficient (Wildman–Crippen LogP) is 1.10. The highest BCUT2D eigenvalue weighted by Gasteiger charge is 2.43. The number of morpholine rings is 1. The molecular weight excluding hydrogens is 320 g/mol. The van der Waals surface area contributed by atoms with Gasteiger partial charge in [-0.1, -0.05) is 0 Å². The van der Waals surface area contributed by atoms with Gasteiger partial charge >= 0.3 is 0 Å². The van der Waals surface area contributed by atoms with Gasteiger partial charge < -0.3 is 19.3 Å². The minimum atomic E-state index is -0.283. The average Bonchev–Trinajstić information content (AvgIpc) is 2.69. The monoisotopic (exact) mass is 346 g/mol. The van der Waals surface area contributed by atoms with E-state index < -0.39 is 0 Å². The third-order valence-electron chi connectivity index (χ3n) is 5.54. The Labute approximate surface area is 148 Å². The van der Waals surface area contributed by atoms with Crippen LogP contribution in [0.3, 0.4) is 0 Å². The lowest BCUT2D eigenvalue weighted by molar-refractivity contribution is -0.158. The lowest BCUT2D eigenvalue weighted by atomic mass is 9.89. The van der Waals surface area contributed by atoms with Crippen molar-refractivity contribution in [3.05, 3.63) is 18.6 Å². The molecular formula is C18H26N4O3. The van der Waals surface area contributed by atoms with Crippen LogP contribution in [-0.2, 0) is 14.3 Å². The Morgan fingerprint density at radius 3 is 2.84 bits per heavy atom. The summed E-state index contributed by atoms with van der Waals surface area (Å²) >= 11 is 0. The number of rotatable bonds is 2. The number of carbonyl (C=O) groups is 1. The number of aromatic nitrogens is 2. The maximum Gasteiger partial charge on any atom is 0.226 e. The molecule has 3 fully saturated rings. The standard InChI is InChI=1S/C18H26N4O3/c23-17(15-2-9-24-10-3-15)22-8-11-25-18(14-22)4-1-7-21(13-18)16-12-19-5-6-20-16/h5-6,12,15H,1-4,7-11,13-14H2. The molecule has 0 bridgehead atoms.